The van der Waals surface area contributed by atoms with E-state index in [9.17, 15) is 0 Å². The molecule has 3 aromatic rings. The predicted molar refractivity (Wildman–Crippen MR) is 90.9 cm³/mol. The average molecular weight is 314 g/mol. The molecule has 0 aliphatic rings. The van der Waals surface area contributed by atoms with E-state index in [0.717, 1.165) is 6.42 Å². The largest absolute Gasteiger partial charge is 0.302 e. The Labute approximate surface area is 133 Å². The van der Waals surface area contributed by atoms with Crippen LogP contribution < -0.4 is 5.32 Å². The highest BCUT2D eigenvalue weighted by molar-refractivity contribution is 7.10. The molecular formula is C17H18N2S2. The van der Waals surface area contributed by atoms with Gasteiger partial charge in [0, 0.05) is 40.7 Å². The van der Waals surface area contributed by atoms with Crippen LogP contribution in [0.2, 0.25) is 0 Å². The predicted octanol–water partition coefficient (Wildman–Crippen LogP) is 4.84. The third-order valence-corrected chi connectivity index (χ3v) is 5.41. The fraction of sp³-hybridized carbons (Fsp3) is 0.235. The van der Waals surface area contributed by atoms with Crippen LogP contribution in [0.25, 0.3) is 0 Å². The molecule has 0 saturated heterocycles. The summed E-state index contributed by atoms with van der Waals surface area (Å²) in [6.45, 7) is 2.21. The Hall–Kier alpha value is -1.49. The quantitative estimate of drug-likeness (QED) is 0.704. The molecule has 1 N–H and O–H groups in total. The molecule has 1 unspecified atom stereocenters. The van der Waals surface area contributed by atoms with Gasteiger partial charge in [-0.05, 0) is 47.5 Å². The lowest BCUT2D eigenvalue weighted by molar-refractivity contribution is 0.471. The van der Waals surface area contributed by atoms with Gasteiger partial charge in [0.25, 0.3) is 0 Å². The van der Waals surface area contributed by atoms with Crippen molar-refractivity contribution in [2.45, 2.75) is 25.4 Å². The molecule has 0 saturated carbocycles. The van der Waals surface area contributed by atoms with E-state index in [1.807, 2.05) is 35.1 Å². The van der Waals surface area contributed by atoms with Crippen molar-refractivity contribution in [2.75, 3.05) is 0 Å². The number of aromatic nitrogens is 1. The first-order chi connectivity index (χ1) is 10.3. The minimum absolute atomic E-state index is 0.306. The third-order valence-electron chi connectivity index (χ3n) is 3.53. The molecule has 108 valence electrons. The molecule has 0 aromatic carbocycles. The molecule has 0 spiro atoms. The Morgan fingerprint density at radius 1 is 1.05 bits per heavy atom. The van der Waals surface area contributed by atoms with Gasteiger partial charge in [-0.3, -0.25) is 4.98 Å². The Kier molecular flexibility index (Phi) is 4.80. The van der Waals surface area contributed by atoms with Crippen molar-refractivity contribution in [3.8, 4) is 0 Å². The number of rotatable bonds is 6. The molecule has 0 amide bonds. The summed E-state index contributed by atoms with van der Waals surface area (Å²) in [5, 5.41) is 8.06. The Morgan fingerprint density at radius 3 is 2.48 bits per heavy atom. The molecule has 0 fully saturated rings. The zero-order valence-electron chi connectivity index (χ0n) is 11.9. The molecule has 3 rings (SSSR count). The van der Waals surface area contributed by atoms with Gasteiger partial charge in [0.1, 0.15) is 0 Å². The first kappa shape index (κ1) is 14.4. The minimum Gasteiger partial charge on any atom is -0.302 e. The van der Waals surface area contributed by atoms with E-state index in [0.29, 0.717) is 12.1 Å². The van der Waals surface area contributed by atoms with Crippen LogP contribution >= 0.6 is 22.7 Å². The Balaban J connectivity index is 1.76. The molecular weight excluding hydrogens is 296 g/mol. The van der Waals surface area contributed by atoms with Crippen LogP contribution in [0.1, 0.15) is 34.3 Å². The topological polar surface area (TPSA) is 24.9 Å². The second-order valence-corrected chi connectivity index (χ2v) is 7.03. The van der Waals surface area contributed by atoms with Gasteiger partial charge < -0.3 is 5.32 Å². The lowest BCUT2D eigenvalue weighted by Gasteiger charge is -2.22. The summed E-state index contributed by atoms with van der Waals surface area (Å²) in [6, 6.07) is 13.5. The standard InChI is InChI=1S/C17H18N2S2/c1-13(14-6-8-18-9-7-14)19-16(17-5-3-11-21-17)12-15-4-2-10-20-15/h2-11,13,16,19H,12H2,1H3/t13-,16?/m0/s1. The lowest BCUT2D eigenvalue weighted by Crippen LogP contribution is -2.25. The van der Waals surface area contributed by atoms with Gasteiger partial charge in [-0.25, -0.2) is 0 Å². The van der Waals surface area contributed by atoms with E-state index in [4.69, 9.17) is 0 Å². The van der Waals surface area contributed by atoms with Gasteiger partial charge in [0.2, 0.25) is 0 Å². The highest BCUT2D eigenvalue weighted by Crippen LogP contribution is 2.27. The summed E-state index contributed by atoms with van der Waals surface area (Å²) < 4.78 is 0. The average Bonchev–Trinajstić information content (AvgIpc) is 3.21. The number of pyridine rings is 1. The minimum atomic E-state index is 0.306. The van der Waals surface area contributed by atoms with Crippen LogP contribution in [0.5, 0.6) is 0 Å². The SMILES string of the molecule is C[C@H](NC(Cc1cccs1)c1cccs1)c1ccncc1. The molecule has 3 aromatic heterocycles. The fourth-order valence-corrected chi connectivity index (χ4v) is 3.95. The zero-order valence-corrected chi connectivity index (χ0v) is 13.5. The summed E-state index contributed by atoms with van der Waals surface area (Å²) in [5.41, 5.74) is 1.28. The monoisotopic (exact) mass is 314 g/mol. The molecule has 21 heavy (non-hydrogen) atoms. The second-order valence-electron chi connectivity index (χ2n) is 5.02. The third kappa shape index (κ3) is 3.79. The smallest absolute Gasteiger partial charge is 0.0468 e. The van der Waals surface area contributed by atoms with E-state index < -0.39 is 0 Å². The van der Waals surface area contributed by atoms with E-state index in [-0.39, 0.29) is 0 Å². The maximum Gasteiger partial charge on any atom is 0.0468 e. The molecule has 0 aliphatic heterocycles. The van der Waals surface area contributed by atoms with Crippen molar-refractivity contribution in [3.05, 3.63) is 74.9 Å². The fourth-order valence-electron chi connectivity index (χ4n) is 2.41. The van der Waals surface area contributed by atoms with Gasteiger partial charge in [0.15, 0.2) is 0 Å². The molecule has 3 heterocycles. The highest BCUT2D eigenvalue weighted by Gasteiger charge is 2.17. The molecule has 2 atom stereocenters. The van der Waals surface area contributed by atoms with Gasteiger partial charge in [0.05, 0.1) is 0 Å². The Bertz CT molecular complexity index is 633. The molecule has 0 bridgehead atoms. The van der Waals surface area contributed by atoms with E-state index in [2.05, 4.69) is 64.4 Å². The van der Waals surface area contributed by atoms with Crippen LogP contribution in [0.15, 0.2) is 59.6 Å². The second kappa shape index (κ2) is 6.98. The molecule has 4 heteroatoms. The number of nitrogens with zero attached hydrogens (tertiary/aromatic N) is 1. The van der Waals surface area contributed by atoms with Crippen LogP contribution in [0.4, 0.5) is 0 Å². The van der Waals surface area contributed by atoms with Crippen molar-refractivity contribution >= 4 is 22.7 Å². The summed E-state index contributed by atoms with van der Waals surface area (Å²) in [7, 11) is 0. The number of hydrogen-bond acceptors (Lipinski definition) is 4. The van der Waals surface area contributed by atoms with Crippen LogP contribution in [-0.4, -0.2) is 4.98 Å². The summed E-state index contributed by atoms with van der Waals surface area (Å²) in [4.78, 5) is 6.91. The summed E-state index contributed by atoms with van der Waals surface area (Å²) in [5.74, 6) is 0. The van der Waals surface area contributed by atoms with Crippen LogP contribution in [0, 0.1) is 0 Å². The first-order valence-electron chi connectivity index (χ1n) is 7.04. The van der Waals surface area contributed by atoms with Gasteiger partial charge in [-0.15, -0.1) is 22.7 Å². The maximum absolute atomic E-state index is 4.09. The van der Waals surface area contributed by atoms with Gasteiger partial charge in [-0.2, -0.15) is 0 Å². The first-order valence-corrected chi connectivity index (χ1v) is 8.80. The van der Waals surface area contributed by atoms with Gasteiger partial charge in [-0.1, -0.05) is 12.1 Å². The molecule has 2 nitrogen and oxygen atoms in total. The Morgan fingerprint density at radius 2 is 1.81 bits per heavy atom. The van der Waals surface area contributed by atoms with Crippen molar-refractivity contribution in [3.63, 3.8) is 0 Å². The van der Waals surface area contributed by atoms with Crippen LogP contribution in [0.3, 0.4) is 0 Å². The van der Waals surface area contributed by atoms with Crippen molar-refractivity contribution in [2.24, 2.45) is 0 Å². The van der Waals surface area contributed by atoms with E-state index in [1.54, 1.807) is 0 Å². The normalized spacial score (nSPS) is 14.0. The van der Waals surface area contributed by atoms with E-state index in [1.165, 1.54) is 15.3 Å². The number of hydrogen-bond donors (Lipinski definition) is 1. The summed E-state index contributed by atoms with van der Waals surface area (Å²) in [6.07, 6.45) is 4.74. The number of nitrogens with one attached hydrogen (secondary N) is 1. The lowest BCUT2D eigenvalue weighted by atomic mass is 10.1. The van der Waals surface area contributed by atoms with Crippen molar-refractivity contribution in [1.29, 1.82) is 0 Å². The summed E-state index contributed by atoms with van der Waals surface area (Å²) >= 11 is 3.65. The van der Waals surface area contributed by atoms with Crippen molar-refractivity contribution < 1.29 is 0 Å². The van der Waals surface area contributed by atoms with E-state index >= 15 is 0 Å². The van der Waals surface area contributed by atoms with Crippen molar-refractivity contribution in [1.82, 2.24) is 10.3 Å². The molecule has 0 aliphatic carbocycles. The molecule has 0 radical (unpaired) electrons. The maximum atomic E-state index is 4.09. The zero-order chi connectivity index (χ0) is 14.5. The number of thiophene rings is 2. The van der Waals surface area contributed by atoms with Crippen LogP contribution in [-0.2, 0) is 6.42 Å². The highest BCUT2D eigenvalue weighted by atomic mass is 32.1. The van der Waals surface area contributed by atoms with Gasteiger partial charge >= 0.3 is 0 Å².